The lowest BCUT2D eigenvalue weighted by Crippen LogP contribution is -2.38. The third kappa shape index (κ3) is 2.45. The number of aryl methyl sites for hydroxylation is 1. The van der Waals surface area contributed by atoms with Crippen LogP contribution >= 0.6 is 11.6 Å². The molecule has 1 amide bonds. The molecule has 92 valence electrons. The fourth-order valence-corrected chi connectivity index (χ4v) is 2.52. The quantitative estimate of drug-likeness (QED) is 0.896. The minimum atomic E-state index is -0.0580. The maximum absolute atomic E-state index is 12.1. The fraction of sp³-hybridized carbons (Fsp3) is 0.462. The summed E-state index contributed by atoms with van der Waals surface area (Å²) in [7, 11) is 0. The number of amides is 1. The molecule has 4 heteroatoms. The zero-order valence-electron chi connectivity index (χ0n) is 10.2. The number of likely N-dealkylation sites (N-methyl/N-ethyl adjacent to an activating group) is 1. The van der Waals surface area contributed by atoms with Crippen molar-refractivity contribution in [1.82, 2.24) is 5.32 Å². The molecule has 1 aliphatic rings. The molecule has 0 aromatic heterocycles. The molecule has 1 fully saturated rings. The number of carbonyl (C=O) groups excluding carboxylic acids is 1. The van der Waals surface area contributed by atoms with E-state index in [-0.39, 0.29) is 11.9 Å². The second kappa shape index (κ2) is 5.07. The molecule has 17 heavy (non-hydrogen) atoms. The molecule has 0 spiro atoms. The molecule has 2 rings (SSSR count). The molecule has 1 aliphatic heterocycles. The van der Waals surface area contributed by atoms with Gasteiger partial charge < -0.3 is 10.2 Å². The van der Waals surface area contributed by atoms with Gasteiger partial charge in [-0.1, -0.05) is 24.6 Å². The summed E-state index contributed by atoms with van der Waals surface area (Å²) < 4.78 is 0. The molecule has 0 aliphatic carbocycles. The van der Waals surface area contributed by atoms with Gasteiger partial charge in [-0.2, -0.15) is 0 Å². The molecule has 1 heterocycles. The van der Waals surface area contributed by atoms with E-state index in [0.29, 0.717) is 5.02 Å². The maximum Gasteiger partial charge on any atom is 0.244 e. The van der Waals surface area contributed by atoms with Crippen molar-refractivity contribution in [3.8, 4) is 0 Å². The van der Waals surface area contributed by atoms with Crippen LogP contribution in [0, 0.1) is 6.92 Å². The predicted octanol–water partition coefficient (Wildman–Crippen LogP) is 2.36. The van der Waals surface area contributed by atoms with Crippen molar-refractivity contribution >= 4 is 23.2 Å². The number of nitrogens with zero attached hydrogens (tertiary/aromatic N) is 1. The molecule has 0 bridgehead atoms. The Kier molecular flexibility index (Phi) is 3.69. The summed E-state index contributed by atoms with van der Waals surface area (Å²) in [6.07, 6.45) is 0.844. The smallest absolute Gasteiger partial charge is 0.244 e. The van der Waals surface area contributed by atoms with Crippen LogP contribution in [0.5, 0.6) is 0 Å². The van der Waals surface area contributed by atoms with Crippen LogP contribution in [0.4, 0.5) is 5.69 Å². The van der Waals surface area contributed by atoms with E-state index >= 15 is 0 Å². The second-order valence-corrected chi connectivity index (χ2v) is 4.75. The first-order valence-electron chi connectivity index (χ1n) is 5.94. The molecule has 0 saturated carbocycles. The highest BCUT2D eigenvalue weighted by Crippen LogP contribution is 2.30. The van der Waals surface area contributed by atoms with Crippen LogP contribution in [0.2, 0.25) is 5.02 Å². The van der Waals surface area contributed by atoms with Crippen molar-refractivity contribution in [3.05, 3.63) is 28.8 Å². The van der Waals surface area contributed by atoms with Gasteiger partial charge in [0.1, 0.15) is 0 Å². The highest BCUT2D eigenvalue weighted by atomic mass is 35.5. The molecular formula is C13H17ClN2O. The first-order valence-corrected chi connectivity index (χ1v) is 6.32. The number of anilines is 1. The highest BCUT2D eigenvalue weighted by molar-refractivity contribution is 6.34. The fourth-order valence-electron chi connectivity index (χ4n) is 2.19. The van der Waals surface area contributed by atoms with E-state index in [0.717, 1.165) is 30.8 Å². The van der Waals surface area contributed by atoms with E-state index in [1.54, 1.807) is 4.90 Å². The first kappa shape index (κ1) is 12.4. The van der Waals surface area contributed by atoms with E-state index in [1.807, 2.05) is 32.0 Å². The lowest BCUT2D eigenvalue weighted by atomic mass is 10.2. The molecule has 1 unspecified atom stereocenters. The van der Waals surface area contributed by atoms with Crippen molar-refractivity contribution in [2.45, 2.75) is 26.3 Å². The van der Waals surface area contributed by atoms with Crippen molar-refractivity contribution < 1.29 is 4.79 Å². The Labute approximate surface area is 107 Å². The number of rotatable bonds is 3. The monoisotopic (exact) mass is 252 g/mol. The average Bonchev–Trinajstić information content (AvgIpc) is 2.62. The van der Waals surface area contributed by atoms with Gasteiger partial charge in [-0.3, -0.25) is 4.79 Å². The van der Waals surface area contributed by atoms with Crippen molar-refractivity contribution in [1.29, 1.82) is 0 Å². The molecule has 0 radical (unpaired) electrons. The largest absolute Gasteiger partial charge is 0.310 e. The van der Waals surface area contributed by atoms with Crippen molar-refractivity contribution in [3.63, 3.8) is 0 Å². The number of nitrogens with one attached hydrogen (secondary N) is 1. The lowest BCUT2D eigenvalue weighted by molar-refractivity contribution is -0.118. The molecular weight excluding hydrogens is 236 g/mol. The summed E-state index contributed by atoms with van der Waals surface area (Å²) in [5.74, 6) is 0.123. The van der Waals surface area contributed by atoms with Gasteiger partial charge in [-0.05, 0) is 37.6 Å². The SMILES string of the molecule is CCNC1CCN(c2ccc(C)cc2Cl)C1=O. The highest BCUT2D eigenvalue weighted by Gasteiger charge is 2.32. The summed E-state index contributed by atoms with van der Waals surface area (Å²) in [4.78, 5) is 13.9. The van der Waals surface area contributed by atoms with E-state index < -0.39 is 0 Å². The molecule has 1 aromatic rings. The van der Waals surface area contributed by atoms with Crippen LogP contribution in [0.3, 0.4) is 0 Å². The standard InChI is InChI=1S/C13H17ClN2O/c1-3-15-11-6-7-16(13(11)17)12-5-4-9(2)8-10(12)14/h4-5,8,11,15H,3,6-7H2,1-2H3. The zero-order valence-corrected chi connectivity index (χ0v) is 10.9. The molecule has 1 N–H and O–H groups in total. The number of carbonyl (C=O) groups is 1. The summed E-state index contributed by atoms with van der Waals surface area (Å²) in [5, 5.41) is 3.84. The molecule has 3 nitrogen and oxygen atoms in total. The summed E-state index contributed by atoms with van der Waals surface area (Å²) in [5.41, 5.74) is 1.93. The minimum absolute atomic E-state index is 0.0580. The average molecular weight is 253 g/mol. The normalized spacial score (nSPS) is 20.1. The van der Waals surface area contributed by atoms with Crippen LogP contribution in [-0.2, 0) is 4.79 Å². The zero-order chi connectivity index (χ0) is 12.4. The third-order valence-electron chi connectivity index (χ3n) is 3.05. The lowest BCUT2D eigenvalue weighted by Gasteiger charge is -2.18. The van der Waals surface area contributed by atoms with Gasteiger partial charge in [0, 0.05) is 6.54 Å². The summed E-state index contributed by atoms with van der Waals surface area (Å²) in [6, 6.07) is 5.74. The Bertz CT molecular complexity index is 433. The topological polar surface area (TPSA) is 32.3 Å². The van der Waals surface area contributed by atoms with Gasteiger partial charge in [0.2, 0.25) is 5.91 Å². The van der Waals surface area contributed by atoms with E-state index in [9.17, 15) is 4.79 Å². The van der Waals surface area contributed by atoms with Crippen LogP contribution in [0.25, 0.3) is 0 Å². The Morgan fingerprint density at radius 3 is 2.94 bits per heavy atom. The predicted molar refractivity (Wildman–Crippen MR) is 70.6 cm³/mol. The van der Waals surface area contributed by atoms with Crippen LogP contribution in [-0.4, -0.2) is 25.0 Å². The number of benzene rings is 1. The van der Waals surface area contributed by atoms with Gasteiger partial charge in [0.15, 0.2) is 0 Å². The molecule has 1 saturated heterocycles. The summed E-state index contributed by atoms with van der Waals surface area (Å²) >= 11 is 6.19. The van der Waals surface area contributed by atoms with Crippen LogP contribution in [0.15, 0.2) is 18.2 Å². The Balaban J connectivity index is 2.21. The minimum Gasteiger partial charge on any atom is -0.310 e. The van der Waals surface area contributed by atoms with Gasteiger partial charge in [0.05, 0.1) is 16.8 Å². The molecule has 1 atom stereocenters. The Morgan fingerprint density at radius 1 is 1.53 bits per heavy atom. The van der Waals surface area contributed by atoms with Crippen LogP contribution < -0.4 is 10.2 Å². The van der Waals surface area contributed by atoms with Crippen LogP contribution in [0.1, 0.15) is 18.9 Å². The van der Waals surface area contributed by atoms with Gasteiger partial charge >= 0.3 is 0 Å². The number of hydrogen-bond acceptors (Lipinski definition) is 2. The van der Waals surface area contributed by atoms with E-state index in [2.05, 4.69) is 5.32 Å². The number of halogens is 1. The first-order chi connectivity index (χ1) is 8.13. The summed E-state index contributed by atoms with van der Waals surface area (Å²) in [6.45, 7) is 5.54. The van der Waals surface area contributed by atoms with Gasteiger partial charge in [-0.25, -0.2) is 0 Å². The van der Waals surface area contributed by atoms with E-state index in [4.69, 9.17) is 11.6 Å². The van der Waals surface area contributed by atoms with E-state index in [1.165, 1.54) is 0 Å². The van der Waals surface area contributed by atoms with Gasteiger partial charge in [-0.15, -0.1) is 0 Å². The molecule has 1 aromatic carbocycles. The Morgan fingerprint density at radius 2 is 2.29 bits per heavy atom. The third-order valence-corrected chi connectivity index (χ3v) is 3.35. The van der Waals surface area contributed by atoms with Gasteiger partial charge in [0.25, 0.3) is 0 Å². The van der Waals surface area contributed by atoms with Crippen molar-refractivity contribution in [2.24, 2.45) is 0 Å². The number of hydrogen-bond donors (Lipinski definition) is 1. The Hall–Kier alpha value is -1.06. The maximum atomic E-state index is 12.1. The second-order valence-electron chi connectivity index (χ2n) is 4.34. The van der Waals surface area contributed by atoms with Crippen molar-refractivity contribution in [2.75, 3.05) is 18.0 Å².